The maximum atomic E-state index is 12.7. The van der Waals surface area contributed by atoms with Crippen LogP contribution in [0.15, 0.2) is 23.7 Å². The molecular weight excluding hydrogens is 170 g/mol. The molecule has 0 fully saturated rings. The summed E-state index contributed by atoms with van der Waals surface area (Å²) in [5, 5.41) is 0. The largest absolute Gasteiger partial charge is 0.207 e. The van der Waals surface area contributed by atoms with Crippen molar-refractivity contribution in [2.75, 3.05) is 0 Å². The minimum atomic E-state index is -0.483. The van der Waals surface area contributed by atoms with Gasteiger partial charge in [-0.3, -0.25) is 0 Å². The summed E-state index contributed by atoms with van der Waals surface area (Å²) in [6.45, 7) is 0. The molecular formula is C8H5ClF2. The molecule has 3 heteroatoms. The van der Waals surface area contributed by atoms with E-state index in [1.54, 1.807) is 0 Å². The van der Waals surface area contributed by atoms with Crippen LogP contribution in [-0.4, -0.2) is 0 Å². The quantitative estimate of drug-likeness (QED) is 0.614. The fourth-order valence-corrected chi connectivity index (χ4v) is 0.846. The average Bonchev–Trinajstić information content (AvgIpc) is 1.98. The lowest BCUT2D eigenvalue weighted by Crippen LogP contribution is -1.82. The van der Waals surface area contributed by atoms with Crippen molar-refractivity contribution in [3.8, 4) is 0 Å². The van der Waals surface area contributed by atoms with Crippen molar-refractivity contribution >= 4 is 17.7 Å². The van der Waals surface area contributed by atoms with Crippen LogP contribution in [0.25, 0.3) is 6.08 Å². The number of halogens is 3. The number of benzene rings is 1. The van der Waals surface area contributed by atoms with Crippen molar-refractivity contribution in [1.29, 1.82) is 0 Å². The molecule has 0 atom stereocenters. The predicted octanol–water partition coefficient (Wildman–Crippen LogP) is 3.17. The van der Waals surface area contributed by atoms with Crippen LogP contribution in [-0.2, 0) is 0 Å². The standard InChI is InChI=1S/C8H5ClF2/c9-4-3-6-5-7(10)1-2-8(6)11/h1-5H. The molecule has 0 bridgehead atoms. The second kappa shape index (κ2) is 3.49. The molecule has 0 nitrogen and oxygen atoms in total. The summed E-state index contributed by atoms with van der Waals surface area (Å²) >= 11 is 5.19. The molecule has 0 aliphatic carbocycles. The molecule has 0 aliphatic rings. The molecule has 0 saturated carbocycles. The van der Waals surface area contributed by atoms with E-state index in [4.69, 9.17) is 11.6 Å². The normalized spacial score (nSPS) is 10.8. The van der Waals surface area contributed by atoms with Gasteiger partial charge in [-0.2, -0.15) is 0 Å². The van der Waals surface area contributed by atoms with E-state index in [-0.39, 0.29) is 5.56 Å². The highest BCUT2D eigenvalue weighted by Crippen LogP contribution is 2.11. The molecule has 0 aromatic heterocycles. The summed E-state index contributed by atoms with van der Waals surface area (Å²) in [6, 6.07) is 3.19. The van der Waals surface area contributed by atoms with Crippen molar-refractivity contribution in [1.82, 2.24) is 0 Å². The first-order valence-electron chi connectivity index (χ1n) is 2.96. The third-order valence-corrected chi connectivity index (χ3v) is 1.33. The van der Waals surface area contributed by atoms with Gasteiger partial charge in [0.1, 0.15) is 11.6 Å². The van der Waals surface area contributed by atoms with Crippen molar-refractivity contribution in [2.24, 2.45) is 0 Å². The third kappa shape index (κ3) is 2.02. The Morgan fingerprint density at radius 2 is 2.00 bits per heavy atom. The average molecular weight is 175 g/mol. The fourth-order valence-electron chi connectivity index (χ4n) is 0.710. The van der Waals surface area contributed by atoms with Gasteiger partial charge in [0, 0.05) is 11.1 Å². The molecule has 1 aromatic rings. The van der Waals surface area contributed by atoms with Crippen LogP contribution in [0, 0.1) is 11.6 Å². The van der Waals surface area contributed by atoms with Gasteiger partial charge in [0.2, 0.25) is 0 Å². The molecule has 0 heterocycles. The zero-order chi connectivity index (χ0) is 8.27. The molecule has 58 valence electrons. The fraction of sp³-hybridized carbons (Fsp3) is 0. The molecule has 1 aromatic carbocycles. The second-order valence-corrected chi connectivity index (χ2v) is 2.21. The summed E-state index contributed by atoms with van der Waals surface area (Å²) in [5.74, 6) is -0.959. The van der Waals surface area contributed by atoms with E-state index in [1.807, 2.05) is 0 Å². The van der Waals surface area contributed by atoms with Gasteiger partial charge in [-0.1, -0.05) is 11.6 Å². The number of hydrogen-bond donors (Lipinski definition) is 0. The van der Waals surface area contributed by atoms with Crippen LogP contribution in [0.3, 0.4) is 0 Å². The lowest BCUT2D eigenvalue weighted by Gasteiger charge is -1.94. The Morgan fingerprint density at radius 1 is 1.27 bits per heavy atom. The lowest BCUT2D eigenvalue weighted by molar-refractivity contribution is 0.598. The summed E-state index contributed by atoms with van der Waals surface area (Å²) in [5.41, 5.74) is 1.29. The van der Waals surface area contributed by atoms with Crippen LogP contribution in [0.4, 0.5) is 8.78 Å². The van der Waals surface area contributed by atoms with Gasteiger partial charge in [0.15, 0.2) is 0 Å². The van der Waals surface area contributed by atoms with Gasteiger partial charge in [-0.25, -0.2) is 8.78 Å². The molecule has 0 saturated heterocycles. The zero-order valence-electron chi connectivity index (χ0n) is 5.52. The first-order valence-corrected chi connectivity index (χ1v) is 3.39. The molecule has 0 radical (unpaired) electrons. The van der Waals surface area contributed by atoms with Gasteiger partial charge in [-0.05, 0) is 24.3 Å². The summed E-state index contributed by atoms with van der Waals surface area (Å²) < 4.78 is 25.1. The van der Waals surface area contributed by atoms with E-state index in [0.717, 1.165) is 23.7 Å². The van der Waals surface area contributed by atoms with E-state index in [0.29, 0.717) is 0 Å². The third-order valence-electron chi connectivity index (χ3n) is 1.20. The first-order chi connectivity index (χ1) is 5.24. The van der Waals surface area contributed by atoms with Crippen molar-refractivity contribution in [2.45, 2.75) is 0 Å². The first kappa shape index (κ1) is 8.21. The second-order valence-electron chi connectivity index (χ2n) is 1.96. The van der Waals surface area contributed by atoms with Crippen molar-refractivity contribution in [3.05, 3.63) is 40.9 Å². The van der Waals surface area contributed by atoms with Crippen molar-refractivity contribution < 1.29 is 8.78 Å². The van der Waals surface area contributed by atoms with Gasteiger partial charge in [-0.15, -0.1) is 0 Å². The lowest BCUT2D eigenvalue weighted by atomic mass is 10.2. The summed E-state index contributed by atoms with van der Waals surface area (Å²) in [7, 11) is 0. The van der Waals surface area contributed by atoms with Gasteiger partial charge >= 0.3 is 0 Å². The Morgan fingerprint density at radius 3 is 2.64 bits per heavy atom. The summed E-state index contributed by atoms with van der Waals surface area (Å²) in [4.78, 5) is 0. The van der Waals surface area contributed by atoms with Crippen LogP contribution in [0.1, 0.15) is 5.56 Å². The Kier molecular flexibility index (Phi) is 2.60. The number of hydrogen-bond acceptors (Lipinski definition) is 0. The monoisotopic (exact) mass is 174 g/mol. The molecule has 0 amide bonds. The van der Waals surface area contributed by atoms with Crippen LogP contribution in [0.5, 0.6) is 0 Å². The van der Waals surface area contributed by atoms with Crippen LogP contribution < -0.4 is 0 Å². The Labute approximate surface area is 68.1 Å². The molecule has 0 spiro atoms. The minimum absolute atomic E-state index is 0.153. The van der Waals surface area contributed by atoms with E-state index < -0.39 is 11.6 Å². The highest BCUT2D eigenvalue weighted by molar-refractivity contribution is 6.27. The molecule has 0 aliphatic heterocycles. The summed E-state index contributed by atoms with van der Waals surface area (Å²) in [6.07, 6.45) is 1.29. The van der Waals surface area contributed by atoms with Gasteiger partial charge in [0.05, 0.1) is 0 Å². The molecule has 0 unspecified atom stereocenters. The SMILES string of the molecule is Fc1ccc(F)c(C=CCl)c1. The smallest absolute Gasteiger partial charge is 0.130 e. The van der Waals surface area contributed by atoms with Gasteiger partial charge < -0.3 is 0 Å². The van der Waals surface area contributed by atoms with E-state index in [9.17, 15) is 8.78 Å². The van der Waals surface area contributed by atoms with Crippen LogP contribution in [0.2, 0.25) is 0 Å². The number of rotatable bonds is 1. The van der Waals surface area contributed by atoms with Crippen LogP contribution >= 0.6 is 11.6 Å². The predicted molar refractivity (Wildman–Crippen MR) is 41.2 cm³/mol. The molecule has 0 N–H and O–H groups in total. The Hall–Kier alpha value is -0.890. The zero-order valence-corrected chi connectivity index (χ0v) is 6.28. The highest BCUT2D eigenvalue weighted by atomic mass is 35.5. The minimum Gasteiger partial charge on any atom is -0.207 e. The topological polar surface area (TPSA) is 0 Å². The molecule has 1 rings (SSSR count). The maximum Gasteiger partial charge on any atom is 0.130 e. The Balaban J connectivity index is 3.12. The van der Waals surface area contributed by atoms with Crippen molar-refractivity contribution in [3.63, 3.8) is 0 Å². The van der Waals surface area contributed by atoms with E-state index >= 15 is 0 Å². The highest BCUT2D eigenvalue weighted by Gasteiger charge is 1.98. The van der Waals surface area contributed by atoms with E-state index in [1.165, 1.54) is 6.08 Å². The van der Waals surface area contributed by atoms with E-state index in [2.05, 4.69) is 0 Å². The van der Waals surface area contributed by atoms with Gasteiger partial charge in [0.25, 0.3) is 0 Å². The molecule has 11 heavy (non-hydrogen) atoms. The Bertz CT molecular complexity index is 281. The maximum absolute atomic E-state index is 12.7.